The van der Waals surface area contributed by atoms with Crippen molar-refractivity contribution in [1.82, 2.24) is 0 Å². The fourth-order valence-corrected chi connectivity index (χ4v) is 2.07. The van der Waals surface area contributed by atoms with Gasteiger partial charge >= 0.3 is 0 Å². The van der Waals surface area contributed by atoms with Crippen LogP contribution < -0.4 is 0 Å². The van der Waals surface area contributed by atoms with E-state index >= 15 is 0 Å². The molecule has 0 bridgehead atoms. The molecule has 0 aromatic carbocycles. The molecule has 1 rings (SSSR count). The molecule has 3 nitrogen and oxygen atoms in total. The van der Waals surface area contributed by atoms with Crippen LogP contribution in [0.5, 0.6) is 0 Å². The molecular weight excluding hydrogens is 208 g/mol. The van der Waals surface area contributed by atoms with Gasteiger partial charge in [-0.1, -0.05) is 32.5 Å². The summed E-state index contributed by atoms with van der Waals surface area (Å²) in [6.07, 6.45) is -1.75. The lowest BCUT2D eigenvalue weighted by molar-refractivity contribution is 0.0201. The van der Waals surface area contributed by atoms with Gasteiger partial charge in [-0.3, -0.25) is 0 Å². The van der Waals surface area contributed by atoms with E-state index in [2.05, 4.69) is 31.1 Å². The number of aliphatic hydroxyl groups is 2. The van der Waals surface area contributed by atoms with Crippen LogP contribution in [0.3, 0.4) is 0 Å². The molecule has 4 atom stereocenters. The molecule has 0 amide bonds. The van der Waals surface area contributed by atoms with Crippen molar-refractivity contribution >= 4 is 8.07 Å². The summed E-state index contributed by atoms with van der Waals surface area (Å²) in [6.45, 7) is 8.33. The van der Waals surface area contributed by atoms with E-state index in [1.54, 1.807) is 0 Å². The maximum Gasteiger partial charge on any atom is 0.146 e. The van der Waals surface area contributed by atoms with E-state index in [9.17, 15) is 10.2 Å². The van der Waals surface area contributed by atoms with E-state index in [-0.39, 0.29) is 6.10 Å². The Morgan fingerprint density at radius 2 is 1.80 bits per heavy atom. The van der Waals surface area contributed by atoms with Crippen molar-refractivity contribution in [3.63, 3.8) is 0 Å². The maximum atomic E-state index is 9.69. The minimum Gasteiger partial charge on any atom is -0.388 e. The van der Waals surface area contributed by atoms with E-state index in [0.717, 1.165) is 0 Å². The van der Waals surface area contributed by atoms with E-state index < -0.39 is 26.4 Å². The quantitative estimate of drug-likeness (QED) is 0.515. The molecular formula is C11H20O3Si. The molecule has 1 heterocycles. The summed E-state index contributed by atoms with van der Waals surface area (Å²) in [6, 6.07) is 0. The molecule has 15 heavy (non-hydrogen) atoms. The van der Waals surface area contributed by atoms with Crippen LogP contribution in [0.25, 0.3) is 0 Å². The fraction of sp³-hybridized carbons (Fsp3) is 0.818. The Morgan fingerprint density at radius 3 is 2.20 bits per heavy atom. The second-order valence-electron chi connectivity index (χ2n) is 5.00. The van der Waals surface area contributed by atoms with Crippen LogP contribution in [0.1, 0.15) is 13.3 Å². The Balaban J connectivity index is 2.69. The highest BCUT2D eigenvalue weighted by Gasteiger charge is 2.40. The zero-order valence-corrected chi connectivity index (χ0v) is 10.8. The molecule has 86 valence electrons. The van der Waals surface area contributed by atoms with Crippen LogP contribution in [0.4, 0.5) is 0 Å². The maximum absolute atomic E-state index is 9.69. The SMILES string of the molecule is CC[C@H]1O[C@@H](C#C[Si](C)(C)C)[C@H](O)[C@@H]1O. The molecule has 0 radical (unpaired) electrons. The molecule has 0 aliphatic carbocycles. The first-order chi connectivity index (χ1) is 6.85. The van der Waals surface area contributed by atoms with E-state index in [4.69, 9.17) is 4.74 Å². The fourth-order valence-electron chi connectivity index (χ4n) is 1.49. The minimum absolute atomic E-state index is 0.277. The van der Waals surface area contributed by atoms with Gasteiger partial charge in [0.1, 0.15) is 26.4 Å². The summed E-state index contributed by atoms with van der Waals surface area (Å²) in [7, 11) is -1.44. The molecule has 0 aromatic rings. The van der Waals surface area contributed by atoms with Crippen LogP contribution in [0.15, 0.2) is 0 Å². The first kappa shape index (κ1) is 12.7. The summed E-state index contributed by atoms with van der Waals surface area (Å²) in [5.41, 5.74) is 3.15. The van der Waals surface area contributed by atoms with Gasteiger partial charge in [-0.2, -0.15) is 0 Å². The minimum atomic E-state index is -1.44. The largest absolute Gasteiger partial charge is 0.388 e. The van der Waals surface area contributed by atoms with Crippen LogP contribution >= 0.6 is 0 Å². The van der Waals surface area contributed by atoms with E-state index in [1.807, 2.05) is 6.92 Å². The summed E-state index contributed by atoms with van der Waals surface area (Å²) in [4.78, 5) is 0. The van der Waals surface area contributed by atoms with Gasteiger partial charge in [0, 0.05) is 0 Å². The van der Waals surface area contributed by atoms with Crippen molar-refractivity contribution in [1.29, 1.82) is 0 Å². The first-order valence-corrected chi connectivity index (χ1v) is 8.89. The second kappa shape index (κ2) is 4.66. The number of aliphatic hydroxyl groups excluding tert-OH is 2. The van der Waals surface area contributed by atoms with Crippen molar-refractivity contribution in [3.05, 3.63) is 0 Å². The van der Waals surface area contributed by atoms with Crippen LogP contribution in [-0.2, 0) is 4.74 Å². The number of ether oxygens (including phenoxy) is 1. The average Bonchev–Trinajstić information content (AvgIpc) is 2.40. The monoisotopic (exact) mass is 228 g/mol. The lowest BCUT2D eigenvalue weighted by atomic mass is 10.1. The third-order valence-electron chi connectivity index (χ3n) is 2.35. The smallest absolute Gasteiger partial charge is 0.146 e. The van der Waals surface area contributed by atoms with Gasteiger partial charge in [0.25, 0.3) is 0 Å². The molecule has 1 aliphatic rings. The van der Waals surface area contributed by atoms with Crippen molar-refractivity contribution in [2.45, 2.75) is 57.4 Å². The van der Waals surface area contributed by atoms with Gasteiger partial charge in [0.2, 0.25) is 0 Å². The molecule has 1 saturated heterocycles. The average molecular weight is 228 g/mol. The lowest BCUT2D eigenvalue weighted by Gasteiger charge is -2.10. The first-order valence-electron chi connectivity index (χ1n) is 5.39. The molecule has 0 aromatic heterocycles. The lowest BCUT2D eigenvalue weighted by Crippen LogP contribution is -2.32. The zero-order valence-electron chi connectivity index (χ0n) is 9.82. The topological polar surface area (TPSA) is 49.7 Å². The third-order valence-corrected chi connectivity index (χ3v) is 3.25. The predicted molar refractivity (Wildman–Crippen MR) is 62.1 cm³/mol. The molecule has 0 unspecified atom stereocenters. The molecule has 1 aliphatic heterocycles. The van der Waals surface area contributed by atoms with Crippen LogP contribution in [0, 0.1) is 11.5 Å². The summed E-state index contributed by atoms with van der Waals surface area (Å²) in [5.74, 6) is 2.95. The Labute approximate surface area is 92.5 Å². The van der Waals surface area contributed by atoms with Crippen molar-refractivity contribution in [2.75, 3.05) is 0 Å². The van der Waals surface area contributed by atoms with Gasteiger partial charge < -0.3 is 14.9 Å². The van der Waals surface area contributed by atoms with Crippen LogP contribution in [0.2, 0.25) is 19.6 Å². The van der Waals surface area contributed by atoms with E-state index in [0.29, 0.717) is 6.42 Å². The number of hydrogen-bond acceptors (Lipinski definition) is 3. The Bertz CT molecular complexity index is 274. The summed E-state index contributed by atoms with van der Waals surface area (Å²) < 4.78 is 5.48. The molecule has 4 heteroatoms. The zero-order chi connectivity index (χ0) is 11.6. The van der Waals surface area contributed by atoms with Gasteiger partial charge in [0.15, 0.2) is 0 Å². The predicted octanol–water partition coefficient (Wildman–Crippen LogP) is 0.766. The van der Waals surface area contributed by atoms with Crippen molar-refractivity contribution in [2.24, 2.45) is 0 Å². The van der Waals surface area contributed by atoms with Crippen molar-refractivity contribution < 1.29 is 14.9 Å². The highest BCUT2D eigenvalue weighted by atomic mass is 28.3. The van der Waals surface area contributed by atoms with Gasteiger partial charge in [-0.25, -0.2) is 0 Å². The highest BCUT2D eigenvalue weighted by molar-refractivity contribution is 6.83. The standard InChI is InChI=1S/C11H20O3Si/c1-5-8-10(12)11(13)9(14-8)6-7-15(2,3)4/h8-13H,5H2,1-4H3/t8-,9+,10-,11+/m1/s1. The molecule has 1 fully saturated rings. The molecule has 0 spiro atoms. The number of hydrogen-bond donors (Lipinski definition) is 2. The van der Waals surface area contributed by atoms with Gasteiger partial charge in [-0.05, 0) is 6.42 Å². The molecule has 0 saturated carbocycles. The van der Waals surface area contributed by atoms with Gasteiger partial charge in [-0.15, -0.1) is 5.54 Å². The Hall–Kier alpha value is -0.343. The summed E-state index contributed by atoms with van der Waals surface area (Å²) in [5, 5.41) is 19.3. The van der Waals surface area contributed by atoms with Crippen LogP contribution in [-0.4, -0.2) is 42.7 Å². The summed E-state index contributed by atoms with van der Waals surface area (Å²) >= 11 is 0. The second-order valence-corrected chi connectivity index (χ2v) is 9.75. The number of rotatable bonds is 1. The van der Waals surface area contributed by atoms with Crippen molar-refractivity contribution in [3.8, 4) is 11.5 Å². The molecule has 2 N–H and O–H groups in total. The Morgan fingerprint density at radius 1 is 1.20 bits per heavy atom. The highest BCUT2D eigenvalue weighted by Crippen LogP contribution is 2.22. The van der Waals surface area contributed by atoms with Gasteiger partial charge in [0.05, 0.1) is 6.10 Å². The normalized spacial score (nSPS) is 36.1. The Kier molecular flexibility index (Phi) is 3.96. The third kappa shape index (κ3) is 3.32. The van der Waals surface area contributed by atoms with E-state index in [1.165, 1.54) is 0 Å².